The lowest BCUT2D eigenvalue weighted by Gasteiger charge is -2.11. The molecule has 0 saturated carbocycles. The highest BCUT2D eigenvalue weighted by Gasteiger charge is 2.08. The normalized spacial score (nSPS) is 12.4. The number of aliphatic hydroxyl groups is 1. The molecule has 4 heteroatoms. The molecule has 0 spiro atoms. The Kier molecular flexibility index (Phi) is 7.08. The fourth-order valence-corrected chi connectivity index (χ4v) is 2.35. The number of ether oxygens (including phenoxy) is 2. The third-order valence-electron chi connectivity index (χ3n) is 2.39. The molecule has 0 saturated heterocycles. The van der Waals surface area contributed by atoms with Crippen LogP contribution in [-0.2, 0) is 4.74 Å². The van der Waals surface area contributed by atoms with Gasteiger partial charge in [-0.25, -0.2) is 0 Å². The summed E-state index contributed by atoms with van der Waals surface area (Å²) in [6, 6.07) is 7.57. The van der Waals surface area contributed by atoms with E-state index in [1.165, 1.54) is 0 Å². The van der Waals surface area contributed by atoms with Crippen molar-refractivity contribution in [3.05, 3.63) is 29.8 Å². The number of rotatable bonds is 8. The van der Waals surface area contributed by atoms with Gasteiger partial charge in [-0.3, -0.25) is 0 Å². The fourth-order valence-electron chi connectivity index (χ4n) is 1.45. The van der Waals surface area contributed by atoms with Crippen LogP contribution in [0.2, 0.25) is 0 Å². The molecular weight excluding hydrogens is 236 g/mol. The summed E-state index contributed by atoms with van der Waals surface area (Å²) in [7, 11) is 3.33. The summed E-state index contributed by atoms with van der Waals surface area (Å²) in [5, 5.41) is 9.99. The first-order valence-corrected chi connectivity index (χ1v) is 6.82. The van der Waals surface area contributed by atoms with Crippen molar-refractivity contribution in [1.29, 1.82) is 0 Å². The van der Waals surface area contributed by atoms with Gasteiger partial charge in [0.2, 0.25) is 0 Å². The van der Waals surface area contributed by atoms with Crippen molar-refractivity contribution in [2.45, 2.75) is 12.5 Å². The maximum absolute atomic E-state index is 9.99. The number of thioether (sulfide) groups is 1. The molecule has 0 aromatic heterocycles. The second kappa shape index (κ2) is 8.39. The molecule has 17 heavy (non-hydrogen) atoms. The van der Waals surface area contributed by atoms with Crippen LogP contribution >= 0.6 is 11.8 Å². The molecule has 1 unspecified atom stereocenters. The number of aliphatic hydroxyl groups excluding tert-OH is 1. The third kappa shape index (κ3) is 5.44. The van der Waals surface area contributed by atoms with Crippen molar-refractivity contribution >= 4 is 11.8 Å². The summed E-state index contributed by atoms with van der Waals surface area (Å²) < 4.78 is 10.1. The Hall–Kier alpha value is -0.710. The molecule has 1 aromatic carbocycles. The number of benzene rings is 1. The molecule has 0 fully saturated rings. The number of methoxy groups -OCH3 is 2. The molecule has 96 valence electrons. The van der Waals surface area contributed by atoms with Crippen LogP contribution in [-0.4, -0.2) is 37.4 Å². The van der Waals surface area contributed by atoms with Crippen LogP contribution in [0.5, 0.6) is 5.75 Å². The van der Waals surface area contributed by atoms with Crippen LogP contribution in [0.3, 0.4) is 0 Å². The molecule has 1 aromatic rings. The Morgan fingerprint density at radius 3 is 2.88 bits per heavy atom. The van der Waals surface area contributed by atoms with E-state index < -0.39 is 6.10 Å². The van der Waals surface area contributed by atoms with Crippen LogP contribution in [0, 0.1) is 0 Å². The van der Waals surface area contributed by atoms with E-state index in [-0.39, 0.29) is 0 Å². The van der Waals surface area contributed by atoms with E-state index in [0.717, 1.165) is 30.1 Å². The standard InChI is InChI=1S/C13H20O3S/c1-15-7-4-8-17-10-13(14)11-5-3-6-12(9-11)16-2/h3,5-6,9,13-14H,4,7-8,10H2,1-2H3. The molecule has 0 aliphatic carbocycles. The molecular formula is C13H20O3S. The minimum absolute atomic E-state index is 0.433. The van der Waals surface area contributed by atoms with Gasteiger partial charge in [0.25, 0.3) is 0 Å². The number of hydrogen-bond acceptors (Lipinski definition) is 4. The molecule has 0 amide bonds. The average molecular weight is 256 g/mol. The third-order valence-corrected chi connectivity index (χ3v) is 3.52. The Morgan fingerprint density at radius 2 is 2.18 bits per heavy atom. The molecule has 0 bridgehead atoms. The second-order valence-corrected chi connectivity index (χ2v) is 4.86. The Bertz CT molecular complexity index is 317. The van der Waals surface area contributed by atoms with E-state index in [1.807, 2.05) is 24.3 Å². The van der Waals surface area contributed by atoms with Gasteiger partial charge in [0, 0.05) is 19.5 Å². The predicted molar refractivity (Wildman–Crippen MR) is 71.8 cm³/mol. The first-order chi connectivity index (χ1) is 8.27. The Labute approximate surface area is 107 Å². The Balaban J connectivity index is 2.33. The lowest BCUT2D eigenvalue weighted by atomic mass is 10.1. The monoisotopic (exact) mass is 256 g/mol. The molecule has 1 atom stereocenters. The highest BCUT2D eigenvalue weighted by molar-refractivity contribution is 7.99. The second-order valence-electron chi connectivity index (χ2n) is 3.71. The van der Waals surface area contributed by atoms with E-state index in [9.17, 15) is 5.11 Å². The summed E-state index contributed by atoms with van der Waals surface area (Å²) in [4.78, 5) is 0. The van der Waals surface area contributed by atoms with Gasteiger partial charge < -0.3 is 14.6 Å². The molecule has 0 heterocycles. The van der Waals surface area contributed by atoms with Crippen LogP contribution in [0.4, 0.5) is 0 Å². The summed E-state index contributed by atoms with van der Waals surface area (Å²) in [5.74, 6) is 2.50. The van der Waals surface area contributed by atoms with Gasteiger partial charge in [0.1, 0.15) is 5.75 Å². The highest BCUT2D eigenvalue weighted by atomic mass is 32.2. The smallest absolute Gasteiger partial charge is 0.119 e. The molecule has 0 radical (unpaired) electrons. The first kappa shape index (κ1) is 14.4. The SMILES string of the molecule is COCCCSCC(O)c1cccc(OC)c1. The van der Waals surface area contributed by atoms with Crippen molar-refractivity contribution < 1.29 is 14.6 Å². The summed E-state index contributed by atoms with van der Waals surface area (Å²) >= 11 is 1.74. The van der Waals surface area contributed by atoms with Gasteiger partial charge in [-0.15, -0.1) is 0 Å². The van der Waals surface area contributed by atoms with E-state index in [1.54, 1.807) is 26.0 Å². The molecule has 1 N–H and O–H groups in total. The van der Waals surface area contributed by atoms with Crippen LogP contribution in [0.1, 0.15) is 18.1 Å². The maximum Gasteiger partial charge on any atom is 0.119 e. The fraction of sp³-hybridized carbons (Fsp3) is 0.538. The van der Waals surface area contributed by atoms with Crippen molar-refractivity contribution in [3.8, 4) is 5.75 Å². The zero-order valence-corrected chi connectivity index (χ0v) is 11.2. The first-order valence-electron chi connectivity index (χ1n) is 5.66. The van der Waals surface area contributed by atoms with Crippen molar-refractivity contribution in [2.24, 2.45) is 0 Å². The number of hydrogen-bond donors (Lipinski definition) is 1. The zero-order valence-electron chi connectivity index (χ0n) is 10.4. The van der Waals surface area contributed by atoms with Crippen molar-refractivity contribution in [1.82, 2.24) is 0 Å². The largest absolute Gasteiger partial charge is 0.497 e. The Morgan fingerprint density at radius 1 is 1.35 bits per heavy atom. The van der Waals surface area contributed by atoms with Gasteiger partial charge >= 0.3 is 0 Å². The summed E-state index contributed by atoms with van der Waals surface area (Å²) in [6.45, 7) is 0.780. The van der Waals surface area contributed by atoms with Crippen LogP contribution in [0.25, 0.3) is 0 Å². The molecule has 0 aliphatic rings. The van der Waals surface area contributed by atoms with Crippen molar-refractivity contribution in [3.63, 3.8) is 0 Å². The van der Waals surface area contributed by atoms with E-state index in [4.69, 9.17) is 9.47 Å². The minimum atomic E-state index is -0.433. The van der Waals surface area contributed by atoms with E-state index in [0.29, 0.717) is 5.75 Å². The quantitative estimate of drug-likeness (QED) is 0.725. The average Bonchev–Trinajstić information content (AvgIpc) is 2.38. The minimum Gasteiger partial charge on any atom is -0.497 e. The predicted octanol–water partition coefficient (Wildman–Crippen LogP) is 2.50. The van der Waals surface area contributed by atoms with Gasteiger partial charge in [0.15, 0.2) is 0 Å². The van der Waals surface area contributed by atoms with Gasteiger partial charge in [-0.05, 0) is 29.9 Å². The highest BCUT2D eigenvalue weighted by Crippen LogP contribution is 2.22. The van der Waals surface area contributed by atoms with Gasteiger partial charge in [0.05, 0.1) is 13.2 Å². The van der Waals surface area contributed by atoms with Crippen LogP contribution < -0.4 is 4.74 Å². The van der Waals surface area contributed by atoms with Crippen molar-refractivity contribution in [2.75, 3.05) is 32.3 Å². The summed E-state index contributed by atoms with van der Waals surface area (Å²) in [5.41, 5.74) is 0.906. The maximum atomic E-state index is 9.99. The summed E-state index contributed by atoms with van der Waals surface area (Å²) in [6.07, 6.45) is 0.587. The van der Waals surface area contributed by atoms with Gasteiger partial charge in [-0.1, -0.05) is 12.1 Å². The van der Waals surface area contributed by atoms with Crippen LogP contribution in [0.15, 0.2) is 24.3 Å². The lowest BCUT2D eigenvalue weighted by molar-refractivity contribution is 0.198. The van der Waals surface area contributed by atoms with E-state index >= 15 is 0 Å². The molecule has 1 rings (SSSR count). The lowest BCUT2D eigenvalue weighted by Crippen LogP contribution is -2.02. The molecule has 0 aliphatic heterocycles. The van der Waals surface area contributed by atoms with E-state index in [2.05, 4.69) is 0 Å². The van der Waals surface area contributed by atoms with Gasteiger partial charge in [-0.2, -0.15) is 11.8 Å². The molecule has 3 nitrogen and oxygen atoms in total. The zero-order chi connectivity index (χ0) is 12.5. The topological polar surface area (TPSA) is 38.7 Å².